The lowest BCUT2D eigenvalue weighted by atomic mass is 10.0. The van der Waals surface area contributed by atoms with E-state index in [-0.39, 0.29) is 11.6 Å². The van der Waals surface area contributed by atoms with Crippen LogP contribution in [0, 0.1) is 12.7 Å². The Morgan fingerprint density at radius 3 is 2.30 bits per heavy atom. The Morgan fingerprint density at radius 2 is 1.63 bits per heavy atom. The van der Waals surface area contributed by atoms with E-state index in [1.54, 1.807) is 20.1 Å². The number of benzene rings is 3. The molecule has 0 heterocycles. The minimum absolute atomic E-state index is 0.0501. The highest BCUT2D eigenvalue weighted by Crippen LogP contribution is 2.39. The zero-order valence-electron chi connectivity index (χ0n) is 15.0. The number of rotatable bonds is 4. The summed E-state index contributed by atoms with van der Waals surface area (Å²) >= 11 is 0. The molecule has 0 amide bonds. The number of Topliss-reactive ketones (excluding diaryl/α,β-unsaturated/α-hetero) is 1. The SMILES string of the molecule is COc1ccc(C2=C(Nc3ccc(C)c(F)c3)c3ccccc3C2=O)cc1. The van der Waals surface area contributed by atoms with Crippen LogP contribution in [-0.2, 0) is 0 Å². The molecule has 1 aliphatic rings. The maximum absolute atomic E-state index is 14.0. The number of fused-ring (bicyclic) bond motifs is 1. The zero-order valence-corrected chi connectivity index (χ0v) is 15.0. The van der Waals surface area contributed by atoms with Gasteiger partial charge in [-0.1, -0.05) is 42.5 Å². The van der Waals surface area contributed by atoms with Gasteiger partial charge in [-0.05, 0) is 42.3 Å². The predicted octanol–water partition coefficient (Wildman–Crippen LogP) is 5.32. The Bertz CT molecular complexity index is 1070. The average Bonchev–Trinajstić information content (AvgIpc) is 2.97. The fourth-order valence-electron chi connectivity index (χ4n) is 3.26. The van der Waals surface area contributed by atoms with Crippen LogP contribution in [0.15, 0.2) is 66.7 Å². The number of hydrogen-bond acceptors (Lipinski definition) is 3. The summed E-state index contributed by atoms with van der Waals surface area (Å²) in [5, 5.41) is 3.26. The van der Waals surface area contributed by atoms with Crippen LogP contribution in [-0.4, -0.2) is 12.9 Å². The van der Waals surface area contributed by atoms with Gasteiger partial charge in [0.15, 0.2) is 5.78 Å². The molecular weight excluding hydrogens is 341 g/mol. The molecule has 0 spiro atoms. The van der Waals surface area contributed by atoms with E-state index < -0.39 is 0 Å². The van der Waals surface area contributed by atoms with Gasteiger partial charge in [0.05, 0.1) is 18.4 Å². The number of carbonyl (C=O) groups is 1. The van der Waals surface area contributed by atoms with Gasteiger partial charge in [0, 0.05) is 16.8 Å². The third kappa shape index (κ3) is 2.99. The molecule has 0 fully saturated rings. The van der Waals surface area contributed by atoms with E-state index in [2.05, 4.69) is 5.32 Å². The van der Waals surface area contributed by atoms with Crippen molar-refractivity contribution in [2.24, 2.45) is 0 Å². The van der Waals surface area contributed by atoms with Crippen molar-refractivity contribution in [1.29, 1.82) is 0 Å². The topological polar surface area (TPSA) is 38.3 Å². The van der Waals surface area contributed by atoms with E-state index in [9.17, 15) is 9.18 Å². The highest BCUT2D eigenvalue weighted by molar-refractivity contribution is 6.40. The first kappa shape index (κ1) is 17.0. The van der Waals surface area contributed by atoms with Crippen molar-refractivity contribution >= 4 is 22.7 Å². The number of anilines is 1. The minimum Gasteiger partial charge on any atom is -0.497 e. The monoisotopic (exact) mass is 359 g/mol. The van der Waals surface area contributed by atoms with E-state index in [1.165, 1.54) is 6.07 Å². The first-order valence-corrected chi connectivity index (χ1v) is 8.64. The van der Waals surface area contributed by atoms with Crippen molar-refractivity contribution in [2.75, 3.05) is 12.4 Å². The summed E-state index contributed by atoms with van der Waals surface area (Å²) in [5.74, 6) is 0.382. The number of nitrogens with one attached hydrogen (secondary N) is 1. The lowest BCUT2D eigenvalue weighted by molar-refractivity contribution is 0.105. The molecule has 1 N–H and O–H groups in total. The molecule has 4 heteroatoms. The first-order valence-electron chi connectivity index (χ1n) is 8.64. The van der Waals surface area contributed by atoms with E-state index >= 15 is 0 Å². The number of halogens is 1. The van der Waals surface area contributed by atoms with Gasteiger partial charge in [-0.15, -0.1) is 0 Å². The van der Waals surface area contributed by atoms with Crippen LogP contribution < -0.4 is 10.1 Å². The molecule has 0 aromatic heterocycles. The molecule has 0 aliphatic heterocycles. The summed E-state index contributed by atoms with van der Waals surface area (Å²) in [7, 11) is 1.60. The van der Waals surface area contributed by atoms with E-state index in [1.807, 2.05) is 54.6 Å². The summed E-state index contributed by atoms with van der Waals surface area (Å²) < 4.78 is 19.2. The van der Waals surface area contributed by atoms with Gasteiger partial charge in [0.25, 0.3) is 0 Å². The molecule has 3 aromatic rings. The van der Waals surface area contributed by atoms with Gasteiger partial charge in [-0.3, -0.25) is 4.79 Å². The summed E-state index contributed by atoms with van der Waals surface area (Å²) in [4.78, 5) is 13.1. The lowest BCUT2D eigenvalue weighted by Gasteiger charge is -2.12. The van der Waals surface area contributed by atoms with Crippen LogP contribution in [0.1, 0.15) is 27.0 Å². The third-order valence-corrected chi connectivity index (χ3v) is 4.74. The van der Waals surface area contributed by atoms with Gasteiger partial charge >= 0.3 is 0 Å². The molecule has 4 rings (SSSR count). The normalized spacial score (nSPS) is 12.9. The second-order valence-electron chi connectivity index (χ2n) is 6.44. The van der Waals surface area contributed by atoms with Crippen molar-refractivity contribution in [2.45, 2.75) is 6.92 Å². The van der Waals surface area contributed by atoms with Gasteiger partial charge < -0.3 is 10.1 Å². The van der Waals surface area contributed by atoms with Crippen molar-refractivity contribution in [3.63, 3.8) is 0 Å². The zero-order chi connectivity index (χ0) is 19.0. The van der Waals surface area contributed by atoms with Crippen molar-refractivity contribution < 1.29 is 13.9 Å². The van der Waals surface area contributed by atoms with Crippen molar-refractivity contribution in [3.8, 4) is 5.75 Å². The molecule has 3 nitrogen and oxygen atoms in total. The smallest absolute Gasteiger partial charge is 0.196 e. The molecule has 0 bridgehead atoms. The van der Waals surface area contributed by atoms with E-state index in [0.29, 0.717) is 28.1 Å². The van der Waals surface area contributed by atoms with Crippen LogP contribution in [0.3, 0.4) is 0 Å². The average molecular weight is 359 g/mol. The van der Waals surface area contributed by atoms with Crippen molar-refractivity contribution in [3.05, 3.63) is 94.8 Å². The Morgan fingerprint density at radius 1 is 0.926 bits per heavy atom. The van der Waals surface area contributed by atoms with Crippen molar-refractivity contribution in [1.82, 2.24) is 0 Å². The van der Waals surface area contributed by atoms with Gasteiger partial charge in [0.2, 0.25) is 0 Å². The molecule has 0 atom stereocenters. The number of hydrogen-bond donors (Lipinski definition) is 1. The molecular formula is C23H18FNO2. The predicted molar refractivity (Wildman–Crippen MR) is 105 cm³/mol. The third-order valence-electron chi connectivity index (χ3n) is 4.74. The number of carbonyl (C=O) groups excluding carboxylic acids is 1. The summed E-state index contributed by atoms with van der Waals surface area (Å²) in [6.07, 6.45) is 0. The Hall–Kier alpha value is -3.40. The highest BCUT2D eigenvalue weighted by Gasteiger charge is 2.30. The van der Waals surface area contributed by atoms with Crippen LogP contribution in [0.4, 0.5) is 10.1 Å². The highest BCUT2D eigenvalue weighted by atomic mass is 19.1. The lowest BCUT2D eigenvalue weighted by Crippen LogP contribution is -2.02. The summed E-state index contributed by atoms with van der Waals surface area (Å²) in [6, 6.07) is 19.8. The minimum atomic E-state index is -0.288. The van der Waals surface area contributed by atoms with Gasteiger partial charge in [-0.25, -0.2) is 4.39 Å². The largest absolute Gasteiger partial charge is 0.497 e. The number of ketones is 1. The molecule has 0 radical (unpaired) electrons. The van der Waals surface area contributed by atoms with Crippen LogP contribution in [0.2, 0.25) is 0 Å². The number of aryl methyl sites for hydroxylation is 1. The quantitative estimate of drug-likeness (QED) is 0.685. The maximum Gasteiger partial charge on any atom is 0.196 e. The molecule has 0 unspecified atom stereocenters. The second-order valence-corrected chi connectivity index (χ2v) is 6.44. The van der Waals surface area contributed by atoms with E-state index in [4.69, 9.17) is 4.74 Å². The Kier molecular flexibility index (Phi) is 4.24. The van der Waals surface area contributed by atoms with Gasteiger partial charge in [-0.2, -0.15) is 0 Å². The maximum atomic E-state index is 14.0. The molecule has 27 heavy (non-hydrogen) atoms. The standard InChI is InChI=1S/C23H18FNO2/c1-14-7-10-16(13-20(14)24)25-22-18-5-3-4-6-19(18)23(26)21(22)15-8-11-17(27-2)12-9-15/h3-13,25H,1-2H3. The summed E-state index contributed by atoms with van der Waals surface area (Å²) in [5.41, 5.74) is 4.67. The first-order chi connectivity index (χ1) is 13.1. The van der Waals surface area contributed by atoms with Crippen LogP contribution in [0.25, 0.3) is 11.3 Å². The second kappa shape index (κ2) is 6.72. The number of ether oxygens (including phenoxy) is 1. The van der Waals surface area contributed by atoms with Crippen LogP contribution in [0.5, 0.6) is 5.75 Å². The Labute approximate surface area is 157 Å². The number of allylic oxidation sites excluding steroid dienone is 1. The fourth-order valence-corrected chi connectivity index (χ4v) is 3.26. The van der Waals surface area contributed by atoms with Crippen LogP contribution >= 0.6 is 0 Å². The summed E-state index contributed by atoms with van der Waals surface area (Å²) in [6.45, 7) is 1.72. The molecule has 0 saturated carbocycles. The molecule has 1 aliphatic carbocycles. The van der Waals surface area contributed by atoms with E-state index in [0.717, 1.165) is 16.9 Å². The molecule has 0 saturated heterocycles. The molecule has 3 aromatic carbocycles. The number of methoxy groups -OCH3 is 1. The fraction of sp³-hybridized carbons (Fsp3) is 0.0870. The Balaban J connectivity index is 1.85. The molecule has 134 valence electrons. The van der Waals surface area contributed by atoms with Gasteiger partial charge in [0.1, 0.15) is 11.6 Å².